The number of carboxylic acids is 1. The van der Waals surface area contributed by atoms with E-state index in [2.05, 4.69) is 37.3 Å². The van der Waals surface area contributed by atoms with Gasteiger partial charge in [0.05, 0.1) is 6.61 Å². The van der Waals surface area contributed by atoms with Crippen LogP contribution in [0.3, 0.4) is 0 Å². The molecule has 0 aliphatic carbocycles. The highest BCUT2D eigenvalue weighted by Crippen LogP contribution is 2.49. The van der Waals surface area contributed by atoms with Crippen molar-refractivity contribution >= 4 is 5.97 Å². The largest absolute Gasteiger partial charge is 0.550 e. The lowest BCUT2D eigenvalue weighted by molar-refractivity contribution is -0.312. The zero-order valence-corrected chi connectivity index (χ0v) is 29.9. The van der Waals surface area contributed by atoms with E-state index in [1.165, 1.54) is 0 Å². The molecule has 0 aromatic heterocycles. The van der Waals surface area contributed by atoms with E-state index in [-0.39, 0.29) is 37.8 Å². The molecule has 12 heteroatoms. The van der Waals surface area contributed by atoms with Crippen LogP contribution in [0.1, 0.15) is 107 Å². The number of hydrogen-bond acceptors (Lipinski definition) is 7. The second-order valence-corrected chi connectivity index (χ2v) is 13.5. The third kappa shape index (κ3) is 13.0. The predicted molar refractivity (Wildman–Crippen MR) is 182 cm³/mol. The molecular weight excluding hydrogens is 675 g/mol. The van der Waals surface area contributed by atoms with Crippen LogP contribution >= 0.6 is 0 Å². The number of allylic oxidation sites excluding steroid dienone is 2. The number of alkyl halides is 5. The molecule has 1 aliphatic rings. The van der Waals surface area contributed by atoms with Crippen molar-refractivity contribution in [3.05, 3.63) is 65.7 Å². The van der Waals surface area contributed by atoms with Gasteiger partial charge in [0.1, 0.15) is 17.2 Å². The van der Waals surface area contributed by atoms with Gasteiger partial charge in [-0.15, -0.1) is 0 Å². The van der Waals surface area contributed by atoms with Crippen molar-refractivity contribution in [2.24, 2.45) is 5.92 Å². The molecule has 3 rings (SSSR count). The number of hydrogen-bond donors (Lipinski definition) is 0. The first-order chi connectivity index (χ1) is 24.3. The summed E-state index contributed by atoms with van der Waals surface area (Å²) in [5, 5.41) is 11.6. The molecule has 0 bridgehead atoms. The smallest absolute Gasteiger partial charge is 0.453 e. The van der Waals surface area contributed by atoms with Crippen molar-refractivity contribution < 1.29 is 55.5 Å². The summed E-state index contributed by atoms with van der Waals surface area (Å²) >= 11 is 0. The quantitative estimate of drug-likeness (QED) is 0.0461. The first kappa shape index (κ1) is 42.0. The molecule has 0 amide bonds. The fourth-order valence-corrected chi connectivity index (χ4v) is 6.52. The van der Waals surface area contributed by atoms with E-state index in [0.717, 1.165) is 61.2 Å². The highest BCUT2D eigenvalue weighted by atomic mass is 19.4. The molecule has 0 saturated carbocycles. The summed E-state index contributed by atoms with van der Waals surface area (Å²) in [4.78, 5) is 11.6. The van der Waals surface area contributed by atoms with E-state index in [1.54, 1.807) is 14.2 Å². The number of carbonyl (C=O) groups excluding carboxylic acids is 1. The number of methoxy groups -OCH3 is 2. The molecule has 3 atom stereocenters. The van der Waals surface area contributed by atoms with E-state index >= 15 is 0 Å². The average Bonchev–Trinajstić information content (AvgIpc) is 3.09. The number of unbranched alkanes of at least 4 members (excludes halogenated alkanes) is 7. The number of aliphatic carboxylic acids is 1. The number of carboxylic acid groups (broad SMARTS) is 1. The van der Waals surface area contributed by atoms with E-state index in [1.807, 2.05) is 24.3 Å². The molecule has 0 spiro atoms. The maximum atomic E-state index is 13.0. The van der Waals surface area contributed by atoms with Crippen LogP contribution < -0.4 is 19.3 Å². The van der Waals surface area contributed by atoms with Gasteiger partial charge in [0, 0.05) is 44.0 Å². The Balaban J connectivity index is 1.46. The highest BCUT2D eigenvalue weighted by molar-refractivity contribution is 5.67. The van der Waals surface area contributed by atoms with E-state index in [9.17, 15) is 31.9 Å². The van der Waals surface area contributed by atoms with Crippen molar-refractivity contribution in [3.8, 4) is 17.2 Å². The zero-order valence-electron chi connectivity index (χ0n) is 29.9. The van der Waals surface area contributed by atoms with E-state index in [4.69, 9.17) is 23.7 Å². The molecule has 2 aromatic rings. The summed E-state index contributed by atoms with van der Waals surface area (Å²) in [6.07, 6.45) is 4.41. The van der Waals surface area contributed by atoms with Gasteiger partial charge in [-0.2, -0.15) is 22.0 Å². The number of fused-ring (bicyclic) bond motifs is 1. The molecule has 1 aliphatic heterocycles. The van der Waals surface area contributed by atoms with Gasteiger partial charge in [0.15, 0.2) is 13.6 Å². The van der Waals surface area contributed by atoms with Crippen molar-refractivity contribution in [2.45, 2.75) is 114 Å². The molecule has 1 heterocycles. The second-order valence-electron chi connectivity index (χ2n) is 13.5. The summed E-state index contributed by atoms with van der Waals surface area (Å²) < 4.78 is 90.5. The number of benzene rings is 2. The fourth-order valence-electron chi connectivity index (χ4n) is 6.52. The third-order valence-electron chi connectivity index (χ3n) is 9.61. The summed E-state index contributed by atoms with van der Waals surface area (Å²) in [5.41, 5.74) is 1.92. The normalized spacial score (nSPS) is 18.3. The first-order valence-electron chi connectivity index (χ1n) is 17.7. The molecule has 51 heavy (non-hydrogen) atoms. The molecular formula is C39H52F5O7-. The van der Waals surface area contributed by atoms with E-state index < -0.39 is 30.4 Å². The van der Waals surface area contributed by atoms with Crippen LogP contribution in [0.25, 0.3) is 0 Å². The minimum Gasteiger partial charge on any atom is -0.550 e. The molecule has 0 radical (unpaired) electrons. The van der Waals surface area contributed by atoms with Gasteiger partial charge in [-0.25, -0.2) is 0 Å². The molecule has 0 saturated heterocycles. The number of halogens is 5. The SMILES string of the molecule is COCOc1ccc(C2(C)COc3cc(OCOC)ccc3C2C/C=C/CCCCCCC(CCCCCCC(F)(F)C(F)(F)F)C(=O)[O-])cc1. The van der Waals surface area contributed by atoms with Crippen LogP contribution in [0, 0.1) is 5.92 Å². The Morgan fingerprint density at radius 1 is 0.863 bits per heavy atom. The maximum Gasteiger partial charge on any atom is 0.453 e. The van der Waals surface area contributed by atoms with Gasteiger partial charge in [-0.1, -0.05) is 75.8 Å². The molecule has 0 N–H and O–H groups in total. The Morgan fingerprint density at radius 3 is 2.06 bits per heavy atom. The van der Waals surface area contributed by atoms with Gasteiger partial charge in [-0.3, -0.25) is 0 Å². The van der Waals surface area contributed by atoms with E-state index in [0.29, 0.717) is 38.0 Å². The first-order valence-corrected chi connectivity index (χ1v) is 17.7. The lowest BCUT2D eigenvalue weighted by Gasteiger charge is -2.42. The highest BCUT2D eigenvalue weighted by Gasteiger charge is 2.56. The molecule has 2 aromatic carbocycles. The van der Waals surface area contributed by atoms with Gasteiger partial charge in [0.2, 0.25) is 0 Å². The minimum absolute atomic E-state index is 0.127. The Hall–Kier alpha value is -3.38. The lowest BCUT2D eigenvalue weighted by atomic mass is 9.66. The topological polar surface area (TPSA) is 86.3 Å². The third-order valence-corrected chi connectivity index (χ3v) is 9.61. The van der Waals surface area contributed by atoms with Gasteiger partial charge < -0.3 is 33.6 Å². The lowest BCUT2D eigenvalue weighted by Crippen LogP contribution is -2.40. The monoisotopic (exact) mass is 727 g/mol. The molecule has 7 nitrogen and oxygen atoms in total. The maximum absolute atomic E-state index is 13.0. The van der Waals surface area contributed by atoms with Crippen LogP contribution in [0.5, 0.6) is 17.2 Å². The van der Waals surface area contributed by atoms with Gasteiger partial charge in [0.25, 0.3) is 0 Å². The summed E-state index contributed by atoms with van der Waals surface area (Å²) in [7, 11) is 3.15. The van der Waals surface area contributed by atoms with Crippen molar-refractivity contribution in [3.63, 3.8) is 0 Å². The van der Waals surface area contributed by atoms with Crippen molar-refractivity contribution in [1.29, 1.82) is 0 Å². The molecule has 286 valence electrons. The van der Waals surface area contributed by atoms with Crippen molar-refractivity contribution in [2.75, 3.05) is 34.4 Å². The predicted octanol–water partition coefficient (Wildman–Crippen LogP) is 9.28. The average molecular weight is 728 g/mol. The van der Waals surface area contributed by atoms with Crippen LogP contribution in [0.4, 0.5) is 22.0 Å². The summed E-state index contributed by atoms with van der Waals surface area (Å²) in [5.74, 6) is -4.16. The molecule has 0 fully saturated rings. The Labute approximate surface area is 298 Å². The molecule has 3 unspecified atom stereocenters. The van der Waals surface area contributed by atoms with Crippen LogP contribution in [-0.4, -0.2) is 52.5 Å². The zero-order chi connectivity index (χ0) is 37.3. The Bertz CT molecular complexity index is 1350. The number of ether oxygens (including phenoxy) is 5. The fraction of sp³-hybridized carbons (Fsp3) is 0.615. The van der Waals surface area contributed by atoms with Gasteiger partial charge in [-0.05, 0) is 73.8 Å². The number of rotatable bonds is 24. The Morgan fingerprint density at radius 2 is 1.45 bits per heavy atom. The van der Waals surface area contributed by atoms with Gasteiger partial charge >= 0.3 is 12.1 Å². The standard InChI is InChI=1S/C39H53F5O7/c1-37(30-18-20-31(21-19-30)50-27-47-2)26-49-35-25-32(51-28-48-3)22-23-33(35)34(37)17-13-8-6-4-5-7-11-15-29(36(45)46)16-12-9-10-14-24-38(40,41)39(42,43)44/h8,13,18-23,25,29,34H,4-7,9-12,14-17,24,26-28H2,1-3H3,(H,45,46)/p-1/b13-8+. The van der Waals surface area contributed by atoms with Crippen LogP contribution in [-0.2, 0) is 19.7 Å². The van der Waals surface area contributed by atoms with Crippen LogP contribution in [0.2, 0.25) is 0 Å². The number of carbonyl (C=O) groups is 1. The van der Waals surface area contributed by atoms with Crippen LogP contribution in [0.15, 0.2) is 54.6 Å². The van der Waals surface area contributed by atoms with Crippen molar-refractivity contribution in [1.82, 2.24) is 0 Å². The minimum atomic E-state index is -5.54. The summed E-state index contributed by atoms with van der Waals surface area (Å²) in [6, 6.07) is 13.9. The Kier molecular flexibility index (Phi) is 17.0. The summed E-state index contributed by atoms with van der Waals surface area (Å²) in [6.45, 7) is 3.02. The second kappa shape index (κ2) is 20.6.